The van der Waals surface area contributed by atoms with Gasteiger partial charge in [-0.3, -0.25) is 14.2 Å². The molecule has 0 aliphatic heterocycles. The highest BCUT2D eigenvalue weighted by Crippen LogP contribution is 2.29. The van der Waals surface area contributed by atoms with Crippen LogP contribution in [0.25, 0.3) is 21.5 Å². The summed E-state index contributed by atoms with van der Waals surface area (Å²) in [6.45, 7) is 2.53. The molecule has 3 rings (SSSR count). The highest BCUT2D eigenvalue weighted by atomic mass is 32.2. The Morgan fingerprint density at radius 3 is 2.75 bits per heavy atom. The van der Waals surface area contributed by atoms with Gasteiger partial charge in [0.1, 0.15) is 15.9 Å². The summed E-state index contributed by atoms with van der Waals surface area (Å²) in [4.78, 5) is 28.5. The van der Waals surface area contributed by atoms with Crippen molar-refractivity contribution in [3.05, 3.63) is 40.7 Å². The van der Waals surface area contributed by atoms with Gasteiger partial charge >= 0.3 is 0 Å². The molecule has 8 heteroatoms. The first-order valence-corrected chi connectivity index (χ1v) is 9.24. The van der Waals surface area contributed by atoms with Crippen LogP contribution in [0.3, 0.4) is 0 Å². The summed E-state index contributed by atoms with van der Waals surface area (Å²) >= 11 is 2.35. The van der Waals surface area contributed by atoms with Crippen molar-refractivity contribution in [1.29, 1.82) is 0 Å². The van der Waals surface area contributed by atoms with Gasteiger partial charge in [-0.25, -0.2) is 4.98 Å². The fourth-order valence-corrected chi connectivity index (χ4v) is 3.90. The third kappa shape index (κ3) is 3.20. The van der Waals surface area contributed by atoms with Gasteiger partial charge in [-0.15, -0.1) is 0 Å². The number of thioether (sulfide) groups is 1. The van der Waals surface area contributed by atoms with Gasteiger partial charge in [0, 0.05) is 12.1 Å². The fourth-order valence-electron chi connectivity index (χ4n) is 2.35. The highest BCUT2D eigenvalue weighted by Gasteiger charge is 2.18. The Hall–Kier alpha value is -2.19. The number of carbonyl (C=O) groups is 1. The molecule has 0 spiro atoms. The van der Waals surface area contributed by atoms with Crippen LogP contribution in [0.15, 0.2) is 40.3 Å². The van der Waals surface area contributed by atoms with Crippen molar-refractivity contribution in [2.24, 2.45) is 5.73 Å². The van der Waals surface area contributed by atoms with Gasteiger partial charge in [-0.1, -0.05) is 49.0 Å². The summed E-state index contributed by atoms with van der Waals surface area (Å²) in [5, 5.41) is 0.505. The van der Waals surface area contributed by atoms with Crippen LogP contribution >= 0.6 is 23.3 Å². The SMILES string of the molecule is CCCn1c(SCC(N)=O)nc2c(-c3ccccc3)nsc2c1=O. The van der Waals surface area contributed by atoms with Crippen molar-refractivity contribution in [2.75, 3.05) is 5.75 Å². The quantitative estimate of drug-likeness (QED) is 0.539. The molecule has 0 aliphatic rings. The van der Waals surface area contributed by atoms with Crippen LogP contribution < -0.4 is 11.3 Å². The average Bonchev–Trinajstić information content (AvgIpc) is 3.00. The van der Waals surface area contributed by atoms with E-state index >= 15 is 0 Å². The van der Waals surface area contributed by atoms with E-state index in [1.165, 1.54) is 11.8 Å². The topological polar surface area (TPSA) is 90.9 Å². The number of rotatable bonds is 6. The van der Waals surface area contributed by atoms with E-state index in [-0.39, 0.29) is 11.3 Å². The van der Waals surface area contributed by atoms with E-state index < -0.39 is 5.91 Å². The summed E-state index contributed by atoms with van der Waals surface area (Å²) < 4.78 is 6.56. The molecule has 0 bridgehead atoms. The molecule has 0 unspecified atom stereocenters. The van der Waals surface area contributed by atoms with Gasteiger partial charge in [0.15, 0.2) is 5.16 Å². The number of carbonyl (C=O) groups excluding carboxylic acids is 1. The van der Waals surface area contributed by atoms with Crippen molar-refractivity contribution in [3.8, 4) is 11.3 Å². The van der Waals surface area contributed by atoms with Gasteiger partial charge in [0.05, 0.1) is 5.75 Å². The number of nitrogens with zero attached hydrogens (tertiary/aromatic N) is 3. The highest BCUT2D eigenvalue weighted by molar-refractivity contribution is 7.99. The van der Waals surface area contributed by atoms with Crippen molar-refractivity contribution in [1.82, 2.24) is 13.9 Å². The Balaban J connectivity index is 2.19. The standard InChI is InChI=1S/C16H16N4O2S2/c1-2-8-20-15(22)14-13(18-16(20)23-9-11(17)21)12(19-24-14)10-6-4-3-5-7-10/h3-7H,2,8-9H2,1H3,(H2,17,21). The predicted molar refractivity (Wildman–Crippen MR) is 97.3 cm³/mol. The lowest BCUT2D eigenvalue weighted by Crippen LogP contribution is -2.23. The molecule has 2 aromatic heterocycles. The second-order valence-electron chi connectivity index (χ2n) is 5.18. The zero-order valence-electron chi connectivity index (χ0n) is 13.1. The minimum Gasteiger partial charge on any atom is -0.369 e. The summed E-state index contributed by atoms with van der Waals surface area (Å²) in [6, 6.07) is 9.63. The molecule has 24 heavy (non-hydrogen) atoms. The van der Waals surface area contributed by atoms with E-state index in [2.05, 4.69) is 9.36 Å². The molecule has 0 atom stereocenters. The Bertz CT molecular complexity index is 934. The van der Waals surface area contributed by atoms with Crippen molar-refractivity contribution < 1.29 is 4.79 Å². The van der Waals surface area contributed by atoms with Crippen LogP contribution in [-0.4, -0.2) is 25.6 Å². The smallest absolute Gasteiger partial charge is 0.273 e. The van der Waals surface area contributed by atoms with Crippen LogP contribution in [0.5, 0.6) is 0 Å². The summed E-state index contributed by atoms with van der Waals surface area (Å²) in [5.41, 5.74) is 7.30. The maximum Gasteiger partial charge on any atom is 0.273 e. The number of aromatic nitrogens is 3. The second kappa shape index (κ2) is 7.14. The lowest BCUT2D eigenvalue weighted by molar-refractivity contribution is -0.115. The maximum absolute atomic E-state index is 12.8. The number of nitrogens with two attached hydrogens (primary N) is 1. The van der Waals surface area contributed by atoms with E-state index in [1.54, 1.807) is 4.57 Å². The monoisotopic (exact) mass is 360 g/mol. The first kappa shape index (κ1) is 16.7. The number of fused-ring (bicyclic) bond motifs is 1. The molecule has 2 heterocycles. The van der Waals surface area contributed by atoms with Crippen molar-refractivity contribution >= 4 is 39.4 Å². The minimum absolute atomic E-state index is 0.0832. The normalized spacial score (nSPS) is 11.0. The van der Waals surface area contributed by atoms with E-state index in [9.17, 15) is 9.59 Å². The van der Waals surface area contributed by atoms with Gasteiger partial charge in [-0.05, 0) is 18.0 Å². The molecule has 1 aromatic carbocycles. The van der Waals surface area contributed by atoms with Crippen LogP contribution in [-0.2, 0) is 11.3 Å². The van der Waals surface area contributed by atoms with Crippen LogP contribution in [0, 0.1) is 0 Å². The van der Waals surface area contributed by atoms with E-state index in [0.29, 0.717) is 27.6 Å². The average molecular weight is 360 g/mol. The third-order valence-electron chi connectivity index (χ3n) is 3.38. The molecule has 1 amide bonds. The van der Waals surface area contributed by atoms with Gasteiger partial charge in [-0.2, -0.15) is 4.37 Å². The minimum atomic E-state index is -0.441. The first-order chi connectivity index (χ1) is 11.6. The Labute approximate surface area is 146 Å². The summed E-state index contributed by atoms with van der Waals surface area (Å²) in [6.07, 6.45) is 0.793. The van der Waals surface area contributed by atoms with Gasteiger partial charge in [0.25, 0.3) is 5.56 Å². The molecule has 124 valence electrons. The Kier molecular flexibility index (Phi) is 4.96. The molecule has 3 aromatic rings. The molecule has 0 saturated carbocycles. The second-order valence-corrected chi connectivity index (χ2v) is 6.90. The number of hydrogen-bond donors (Lipinski definition) is 1. The molecule has 2 N–H and O–H groups in total. The summed E-state index contributed by atoms with van der Waals surface area (Å²) in [7, 11) is 0. The number of hydrogen-bond acceptors (Lipinski definition) is 6. The first-order valence-electron chi connectivity index (χ1n) is 7.48. The van der Waals surface area contributed by atoms with E-state index in [1.807, 2.05) is 37.3 Å². The lowest BCUT2D eigenvalue weighted by Gasteiger charge is -2.10. The Morgan fingerprint density at radius 1 is 1.33 bits per heavy atom. The number of amides is 1. The van der Waals surface area contributed by atoms with Gasteiger partial charge in [0.2, 0.25) is 5.91 Å². The predicted octanol–water partition coefficient (Wildman–Crippen LogP) is 2.51. The zero-order chi connectivity index (χ0) is 17.1. The number of primary amides is 1. The zero-order valence-corrected chi connectivity index (χ0v) is 14.7. The number of benzene rings is 1. The largest absolute Gasteiger partial charge is 0.369 e. The van der Waals surface area contributed by atoms with Crippen LogP contribution in [0.4, 0.5) is 0 Å². The molecular formula is C16H16N4O2S2. The van der Waals surface area contributed by atoms with E-state index in [4.69, 9.17) is 5.73 Å². The van der Waals surface area contributed by atoms with Crippen LogP contribution in [0.1, 0.15) is 13.3 Å². The fraction of sp³-hybridized carbons (Fsp3) is 0.250. The van der Waals surface area contributed by atoms with E-state index in [0.717, 1.165) is 23.5 Å². The van der Waals surface area contributed by atoms with Gasteiger partial charge < -0.3 is 5.73 Å². The molecule has 0 radical (unpaired) electrons. The maximum atomic E-state index is 12.8. The molecule has 0 aliphatic carbocycles. The third-order valence-corrected chi connectivity index (χ3v) is 5.21. The lowest BCUT2D eigenvalue weighted by atomic mass is 10.1. The summed E-state index contributed by atoms with van der Waals surface area (Å²) in [5.74, 6) is -0.357. The van der Waals surface area contributed by atoms with Crippen LogP contribution in [0.2, 0.25) is 0 Å². The van der Waals surface area contributed by atoms with Crippen molar-refractivity contribution in [2.45, 2.75) is 25.0 Å². The Morgan fingerprint density at radius 2 is 2.08 bits per heavy atom. The molecule has 0 fully saturated rings. The molecule has 0 saturated heterocycles. The van der Waals surface area contributed by atoms with Crippen molar-refractivity contribution in [3.63, 3.8) is 0 Å². The molecular weight excluding hydrogens is 344 g/mol. The molecule has 6 nitrogen and oxygen atoms in total.